The third-order valence-corrected chi connectivity index (χ3v) is 7.28. The fraction of sp³-hybridized carbons (Fsp3) is 0.174. The van der Waals surface area contributed by atoms with Gasteiger partial charge in [0.1, 0.15) is 4.83 Å². The van der Waals surface area contributed by atoms with Gasteiger partial charge in [-0.2, -0.15) is 0 Å². The van der Waals surface area contributed by atoms with Crippen molar-refractivity contribution in [2.45, 2.75) is 23.9 Å². The van der Waals surface area contributed by atoms with Crippen molar-refractivity contribution in [2.24, 2.45) is 0 Å². The van der Waals surface area contributed by atoms with Crippen molar-refractivity contribution < 1.29 is 4.79 Å². The van der Waals surface area contributed by atoms with Gasteiger partial charge in [-0.05, 0) is 54.0 Å². The summed E-state index contributed by atoms with van der Waals surface area (Å²) >= 11 is 8.87. The Labute approximate surface area is 192 Å². The fourth-order valence-electron chi connectivity index (χ4n) is 3.47. The van der Waals surface area contributed by atoms with Gasteiger partial charge in [-0.15, -0.1) is 11.3 Å². The molecule has 4 aromatic rings. The van der Waals surface area contributed by atoms with Crippen LogP contribution in [-0.4, -0.2) is 21.2 Å². The van der Waals surface area contributed by atoms with Crippen molar-refractivity contribution in [1.82, 2.24) is 9.55 Å². The van der Waals surface area contributed by atoms with Crippen molar-refractivity contribution in [1.29, 1.82) is 0 Å². The van der Waals surface area contributed by atoms with Crippen LogP contribution in [0.25, 0.3) is 15.9 Å². The average molecular weight is 468 g/mol. The molecule has 1 saturated carbocycles. The summed E-state index contributed by atoms with van der Waals surface area (Å²) in [4.78, 5) is 31.6. The van der Waals surface area contributed by atoms with Gasteiger partial charge in [0.25, 0.3) is 5.56 Å². The molecule has 0 spiro atoms. The molecule has 2 heterocycles. The van der Waals surface area contributed by atoms with Crippen LogP contribution in [-0.2, 0) is 4.79 Å². The molecule has 1 aliphatic rings. The summed E-state index contributed by atoms with van der Waals surface area (Å²) in [6.45, 7) is 0. The lowest BCUT2D eigenvalue weighted by atomic mass is 10.1. The molecule has 0 aliphatic heterocycles. The Hall–Kier alpha value is -2.61. The number of fused-ring (bicyclic) bond motifs is 1. The Bertz CT molecular complexity index is 1330. The van der Waals surface area contributed by atoms with E-state index in [9.17, 15) is 9.59 Å². The van der Waals surface area contributed by atoms with Crippen LogP contribution in [0.1, 0.15) is 24.3 Å². The largest absolute Gasteiger partial charge is 0.324 e. The fourth-order valence-corrected chi connectivity index (χ4v) is 5.53. The van der Waals surface area contributed by atoms with E-state index in [0.717, 1.165) is 28.9 Å². The molecular formula is C23H18ClN3O2S2. The van der Waals surface area contributed by atoms with Gasteiger partial charge >= 0.3 is 0 Å². The summed E-state index contributed by atoms with van der Waals surface area (Å²) in [7, 11) is 0. The Balaban J connectivity index is 1.49. The number of hydrogen-bond acceptors (Lipinski definition) is 5. The van der Waals surface area contributed by atoms with E-state index in [2.05, 4.69) is 10.7 Å². The number of thiophene rings is 1. The first-order valence-electron chi connectivity index (χ1n) is 9.88. The lowest BCUT2D eigenvalue weighted by Crippen LogP contribution is -2.23. The lowest BCUT2D eigenvalue weighted by Gasteiger charge is -2.13. The summed E-state index contributed by atoms with van der Waals surface area (Å²) in [5.41, 5.74) is 2.33. The van der Waals surface area contributed by atoms with Crippen molar-refractivity contribution in [3.05, 3.63) is 80.9 Å². The number of benzene rings is 2. The molecule has 2 aromatic heterocycles. The highest BCUT2D eigenvalue weighted by atomic mass is 35.5. The maximum Gasteiger partial charge on any atom is 0.267 e. The van der Waals surface area contributed by atoms with Crippen LogP contribution in [0.15, 0.2) is 69.9 Å². The van der Waals surface area contributed by atoms with E-state index >= 15 is 0 Å². The molecule has 1 fully saturated rings. The molecule has 1 amide bonds. The third kappa shape index (κ3) is 4.13. The highest BCUT2D eigenvalue weighted by Crippen LogP contribution is 2.44. The Kier molecular flexibility index (Phi) is 5.56. The van der Waals surface area contributed by atoms with Gasteiger partial charge in [-0.1, -0.05) is 53.7 Å². The molecule has 8 heteroatoms. The summed E-state index contributed by atoms with van der Waals surface area (Å²) in [5, 5.41) is 6.57. The standard InChI is InChI=1S/C23H18ClN3O2S2/c24-17-8-4-5-9-18(17)25-19(28)13-31-23-26-21-20(16(12-30-21)14-10-11-14)22(29)27(23)15-6-2-1-3-7-15/h1-9,12,14H,10-11,13H2,(H,25,28). The molecule has 0 unspecified atom stereocenters. The zero-order chi connectivity index (χ0) is 21.4. The van der Waals surface area contributed by atoms with E-state index in [1.807, 2.05) is 36.4 Å². The molecule has 2 aromatic carbocycles. The molecule has 5 nitrogen and oxygen atoms in total. The number of halogens is 1. The van der Waals surface area contributed by atoms with E-state index in [4.69, 9.17) is 16.6 Å². The first kappa shape index (κ1) is 20.3. The van der Waals surface area contributed by atoms with Crippen LogP contribution in [0.5, 0.6) is 0 Å². The van der Waals surface area contributed by atoms with Crippen molar-refractivity contribution in [3.8, 4) is 5.69 Å². The molecular weight excluding hydrogens is 450 g/mol. The van der Waals surface area contributed by atoms with Gasteiger partial charge in [-0.25, -0.2) is 4.98 Å². The number of aromatic nitrogens is 2. The van der Waals surface area contributed by atoms with Crippen LogP contribution in [0.3, 0.4) is 0 Å². The number of amides is 1. The second kappa shape index (κ2) is 8.49. The first-order valence-corrected chi connectivity index (χ1v) is 12.1. The zero-order valence-electron chi connectivity index (χ0n) is 16.4. The summed E-state index contributed by atoms with van der Waals surface area (Å²) in [6.07, 6.45) is 2.24. The molecule has 0 atom stereocenters. The minimum absolute atomic E-state index is 0.0756. The SMILES string of the molecule is O=C(CSc1nc2scc(C3CC3)c2c(=O)n1-c1ccccc1)Nc1ccccc1Cl. The smallest absolute Gasteiger partial charge is 0.267 e. The molecule has 156 valence electrons. The number of nitrogens with one attached hydrogen (secondary N) is 1. The molecule has 1 aliphatic carbocycles. The average Bonchev–Trinajstić information content (AvgIpc) is 3.53. The quantitative estimate of drug-likeness (QED) is 0.291. The molecule has 5 rings (SSSR count). The topological polar surface area (TPSA) is 64.0 Å². The van der Waals surface area contributed by atoms with Crippen LogP contribution in [0.4, 0.5) is 5.69 Å². The maximum atomic E-state index is 13.5. The van der Waals surface area contributed by atoms with E-state index in [-0.39, 0.29) is 17.2 Å². The third-order valence-electron chi connectivity index (χ3n) is 5.12. The predicted octanol–water partition coefficient (Wildman–Crippen LogP) is 5.71. The number of anilines is 1. The number of rotatable bonds is 6. The van der Waals surface area contributed by atoms with Gasteiger partial charge in [-0.3, -0.25) is 14.2 Å². The zero-order valence-corrected chi connectivity index (χ0v) is 18.8. The second-order valence-corrected chi connectivity index (χ2v) is 9.54. The van der Waals surface area contributed by atoms with Gasteiger partial charge in [0.2, 0.25) is 5.91 Å². The van der Waals surface area contributed by atoms with Crippen molar-refractivity contribution in [3.63, 3.8) is 0 Å². The Morgan fingerprint density at radius 1 is 1.16 bits per heavy atom. The summed E-state index contributed by atoms with van der Waals surface area (Å²) in [6, 6.07) is 16.5. The molecule has 1 N–H and O–H groups in total. The summed E-state index contributed by atoms with van der Waals surface area (Å²) in [5.74, 6) is 0.362. The van der Waals surface area contributed by atoms with E-state index < -0.39 is 0 Å². The van der Waals surface area contributed by atoms with Crippen LogP contribution in [0, 0.1) is 0 Å². The molecule has 0 bridgehead atoms. The Morgan fingerprint density at radius 3 is 2.65 bits per heavy atom. The first-order chi connectivity index (χ1) is 15.1. The second-order valence-electron chi connectivity index (χ2n) is 7.33. The predicted molar refractivity (Wildman–Crippen MR) is 128 cm³/mol. The van der Waals surface area contributed by atoms with Gasteiger partial charge in [0.05, 0.1) is 27.5 Å². The van der Waals surface area contributed by atoms with Gasteiger partial charge < -0.3 is 5.32 Å². The van der Waals surface area contributed by atoms with E-state index in [1.54, 1.807) is 22.8 Å². The van der Waals surface area contributed by atoms with Crippen LogP contribution < -0.4 is 10.9 Å². The summed E-state index contributed by atoms with van der Waals surface area (Å²) < 4.78 is 1.62. The molecule has 0 radical (unpaired) electrons. The van der Waals surface area contributed by atoms with Gasteiger partial charge in [0.15, 0.2) is 5.16 Å². The minimum atomic E-state index is -0.211. The monoisotopic (exact) mass is 467 g/mol. The Morgan fingerprint density at radius 2 is 1.90 bits per heavy atom. The molecule has 31 heavy (non-hydrogen) atoms. The van der Waals surface area contributed by atoms with Gasteiger partial charge in [0, 0.05) is 0 Å². The van der Waals surface area contributed by atoms with Crippen molar-refractivity contribution in [2.75, 3.05) is 11.1 Å². The number of nitrogens with zero attached hydrogens (tertiary/aromatic N) is 2. The van der Waals surface area contributed by atoms with E-state index in [0.29, 0.717) is 27.2 Å². The normalized spacial score (nSPS) is 13.5. The maximum absolute atomic E-state index is 13.5. The number of hydrogen-bond donors (Lipinski definition) is 1. The number of carbonyl (C=O) groups is 1. The number of para-hydroxylation sites is 2. The van der Waals surface area contributed by atoms with E-state index in [1.165, 1.54) is 23.1 Å². The number of thioether (sulfide) groups is 1. The minimum Gasteiger partial charge on any atom is -0.324 e. The molecule has 0 saturated heterocycles. The highest BCUT2D eigenvalue weighted by Gasteiger charge is 2.29. The van der Waals surface area contributed by atoms with Crippen LogP contribution >= 0.6 is 34.7 Å². The highest BCUT2D eigenvalue weighted by molar-refractivity contribution is 7.99. The lowest BCUT2D eigenvalue weighted by molar-refractivity contribution is -0.113. The number of carbonyl (C=O) groups excluding carboxylic acids is 1. The van der Waals surface area contributed by atoms with Crippen LogP contribution in [0.2, 0.25) is 5.02 Å². The van der Waals surface area contributed by atoms with Crippen molar-refractivity contribution >= 4 is 56.5 Å².